The van der Waals surface area contributed by atoms with Crippen LogP contribution >= 0.6 is 0 Å². The molecule has 21 heavy (non-hydrogen) atoms. The molecule has 2 aromatic rings. The van der Waals surface area contributed by atoms with Crippen LogP contribution in [0.25, 0.3) is 0 Å². The van der Waals surface area contributed by atoms with Crippen LogP contribution in [-0.2, 0) is 30.8 Å². The number of carbonyl (C=O) groups excluding carboxylic acids is 1. The van der Waals surface area contributed by atoms with Gasteiger partial charge in [-0.25, -0.2) is 9.97 Å². The SMILES string of the molecule is CC(C)Cc1ncc2c(n1)CN(C(=O)Cn1ncnn1)C2. The van der Waals surface area contributed by atoms with E-state index in [0.717, 1.165) is 23.5 Å². The average molecular weight is 287 g/mol. The topological polar surface area (TPSA) is 89.7 Å². The molecule has 0 unspecified atom stereocenters. The van der Waals surface area contributed by atoms with E-state index >= 15 is 0 Å². The molecule has 0 radical (unpaired) electrons. The third-order valence-corrected chi connectivity index (χ3v) is 3.32. The Balaban J connectivity index is 1.68. The number of hydrogen-bond donors (Lipinski definition) is 0. The quantitative estimate of drug-likeness (QED) is 0.798. The van der Waals surface area contributed by atoms with Gasteiger partial charge in [0.1, 0.15) is 12.4 Å². The summed E-state index contributed by atoms with van der Waals surface area (Å²) in [4.78, 5) is 24.1. The van der Waals surface area contributed by atoms with Crippen LogP contribution in [-0.4, -0.2) is 41.0 Å². The molecule has 1 aliphatic heterocycles. The average Bonchev–Trinajstić information content (AvgIpc) is 3.06. The number of fused-ring (bicyclic) bond motifs is 1. The smallest absolute Gasteiger partial charge is 0.246 e. The summed E-state index contributed by atoms with van der Waals surface area (Å²) in [6, 6.07) is 0. The summed E-state index contributed by atoms with van der Waals surface area (Å²) in [6.45, 7) is 5.44. The molecular formula is C13H17N7O. The minimum absolute atomic E-state index is 0.0450. The Bertz CT molecular complexity index is 638. The van der Waals surface area contributed by atoms with Crippen LogP contribution < -0.4 is 0 Å². The van der Waals surface area contributed by atoms with E-state index in [4.69, 9.17) is 0 Å². The molecule has 0 aliphatic carbocycles. The van der Waals surface area contributed by atoms with Crippen molar-refractivity contribution in [2.45, 2.75) is 39.9 Å². The van der Waals surface area contributed by atoms with Crippen molar-refractivity contribution in [3.63, 3.8) is 0 Å². The minimum Gasteiger partial charge on any atom is -0.331 e. The van der Waals surface area contributed by atoms with E-state index in [9.17, 15) is 4.79 Å². The Labute approximate surface area is 122 Å². The van der Waals surface area contributed by atoms with Crippen molar-refractivity contribution in [3.05, 3.63) is 29.6 Å². The molecule has 1 aliphatic rings. The number of tetrazole rings is 1. The van der Waals surface area contributed by atoms with E-state index in [1.807, 2.05) is 6.20 Å². The molecular weight excluding hydrogens is 270 g/mol. The molecule has 0 N–H and O–H groups in total. The van der Waals surface area contributed by atoms with Gasteiger partial charge >= 0.3 is 0 Å². The zero-order valence-corrected chi connectivity index (χ0v) is 12.1. The molecule has 8 heteroatoms. The van der Waals surface area contributed by atoms with Crippen LogP contribution in [0.2, 0.25) is 0 Å². The maximum absolute atomic E-state index is 12.2. The zero-order chi connectivity index (χ0) is 14.8. The van der Waals surface area contributed by atoms with Crippen molar-refractivity contribution in [1.82, 2.24) is 35.1 Å². The van der Waals surface area contributed by atoms with Gasteiger partial charge in [-0.2, -0.15) is 4.80 Å². The second-order valence-corrected chi connectivity index (χ2v) is 5.57. The molecule has 0 bridgehead atoms. The van der Waals surface area contributed by atoms with Gasteiger partial charge in [0, 0.05) is 24.7 Å². The van der Waals surface area contributed by atoms with Crippen molar-refractivity contribution < 1.29 is 4.79 Å². The van der Waals surface area contributed by atoms with Crippen LogP contribution in [0.3, 0.4) is 0 Å². The summed E-state index contributed by atoms with van der Waals surface area (Å²) in [6.07, 6.45) is 4.00. The maximum Gasteiger partial charge on any atom is 0.246 e. The van der Waals surface area contributed by atoms with Gasteiger partial charge in [0.05, 0.1) is 12.2 Å². The Morgan fingerprint density at radius 3 is 2.95 bits per heavy atom. The Morgan fingerprint density at radius 2 is 2.24 bits per heavy atom. The fourth-order valence-electron chi connectivity index (χ4n) is 2.32. The summed E-state index contributed by atoms with van der Waals surface area (Å²) in [5, 5.41) is 11.1. The van der Waals surface area contributed by atoms with Gasteiger partial charge in [0.2, 0.25) is 5.91 Å². The van der Waals surface area contributed by atoms with Gasteiger partial charge in [-0.15, -0.1) is 10.2 Å². The highest BCUT2D eigenvalue weighted by atomic mass is 16.2. The fourth-order valence-corrected chi connectivity index (χ4v) is 2.32. The molecule has 1 amide bonds. The van der Waals surface area contributed by atoms with Gasteiger partial charge in [-0.05, 0) is 11.1 Å². The lowest BCUT2D eigenvalue weighted by Crippen LogP contribution is -2.30. The normalized spacial score (nSPS) is 13.8. The van der Waals surface area contributed by atoms with E-state index in [1.54, 1.807) is 4.90 Å². The van der Waals surface area contributed by atoms with E-state index < -0.39 is 0 Å². The van der Waals surface area contributed by atoms with Crippen molar-refractivity contribution in [1.29, 1.82) is 0 Å². The van der Waals surface area contributed by atoms with Gasteiger partial charge in [0.25, 0.3) is 0 Å². The number of rotatable bonds is 4. The summed E-state index contributed by atoms with van der Waals surface area (Å²) >= 11 is 0. The minimum atomic E-state index is -0.0450. The molecule has 0 atom stereocenters. The van der Waals surface area contributed by atoms with Gasteiger partial charge < -0.3 is 4.90 Å². The van der Waals surface area contributed by atoms with Gasteiger partial charge in [0.15, 0.2) is 6.33 Å². The van der Waals surface area contributed by atoms with Crippen molar-refractivity contribution in [2.24, 2.45) is 5.92 Å². The van der Waals surface area contributed by atoms with E-state index in [2.05, 4.69) is 39.2 Å². The summed E-state index contributed by atoms with van der Waals surface area (Å²) in [5.74, 6) is 1.31. The highest BCUT2D eigenvalue weighted by Gasteiger charge is 2.25. The monoisotopic (exact) mass is 287 g/mol. The van der Waals surface area contributed by atoms with E-state index in [0.29, 0.717) is 19.0 Å². The van der Waals surface area contributed by atoms with Crippen molar-refractivity contribution in [3.8, 4) is 0 Å². The Hall–Kier alpha value is -2.38. The molecule has 0 saturated heterocycles. The predicted molar refractivity (Wildman–Crippen MR) is 72.6 cm³/mol. The molecule has 0 spiro atoms. The van der Waals surface area contributed by atoms with Gasteiger partial charge in [-0.3, -0.25) is 4.79 Å². The Kier molecular flexibility index (Phi) is 3.59. The van der Waals surface area contributed by atoms with Crippen LogP contribution in [0.1, 0.15) is 30.9 Å². The first-order valence-corrected chi connectivity index (χ1v) is 6.94. The number of amides is 1. The largest absolute Gasteiger partial charge is 0.331 e. The Morgan fingerprint density at radius 1 is 1.38 bits per heavy atom. The second-order valence-electron chi connectivity index (χ2n) is 5.57. The summed E-state index contributed by atoms with van der Waals surface area (Å²) in [7, 11) is 0. The van der Waals surface area contributed by atoms with E-state index in [-0.39, 0.29) is 12.5 Å². The van der Waals surface area contributed by atoms with Crippen molar-refractivity contribution >= 4 is 5.91 Å². The lowest BCUT2D eigenvalue weighted by Gasteiger charge is -2.13. The first-order valence-electron chi connectivity index (χ1n) is 6.94. The number of aromatic nitrogens is 6. The fraction of sp³-hybridized carbons (Fsp3) is 0.538. The second kappa shape index (κ2) is 5.55. The highest BCUT2D eigenvalue weighted by molar-refractivity contribution is 5.76. The van der Waals surface area contributed by atoms with Crippen LogP contribution in [0.4, 0.5) is 0 Å². The molecule has 0 aromatic carbocycles. The lowest BCUT2D eigenvalue weighted by molar-refractivity contribution is -0.132. The first-order chi connectivity index (χ1) is 10.1. The zero-order valence-electron chi connectivity index (χ0n) is 12.1. The van der Waals surface area contributed by atoms with Crippen LogP contribution in [0.15, 0.2) is 12.5 Å². The van der Waals surface area contributed by atoms with E-state index in [1.165, 1.54) is 11.1 Å². The third kappa shape index (κ3) is 3.04. The maximum atomic E-state index is 12.2. The lowest BCUT2D eigenvalue weighted by atomic mass is 10.1. The molecule has 2 aromatic heterocycles. The van der Waals surface area contributed by atoms with Gasteiger partial charge in [-0.1, -0.05) is 13.8 Å². The van der Waals surface area contributed by atoms with Crippen LogP contribution in [0, 0.1) is 5.92 Å². The molecule has 0 fully saturated rings. The molecule has 3 heterocycles. The van der Waals surface area contributed by atoms with Crippen LogP contribution in [0.5, 0.6) is 0 Å². The number of hydrogen-bond acceptors (Lipinski definition) is 6. The number of carbonyl (C=O) groups is 1. The highest BCUT2D eigenvalue weighted by Crippen LogP contribution is 2.21. The third-order valence-electron chi connectivity index (χ3n) is 3.32. The summed E-state index contributed by atoms with van der Waals surface area (Å²) in [5.41, 5.74) is 1.96. The molecule has 3 rings (SSSR count). The van der Waals surface area contributed by atoms with Crippen molar-refractivity contribution in [2.75, 3.05) is 0 Å². The number of nitrogens with zero attached hydrogens (tertiary/aromatic N) is 7. The first kappa shape index (κ1) is 13.6. The predicted octanol–water partition coefficient (Wildman–Crippen LogP) is 0.204. The molecule has 0 saturated carbocycles. The summed E-state index contributed by atoms with van der Waals surface area (Å²) < 4.78 is 0. The standard InChI is InChI=1S/C13H17N7O/c1-9(2)3-12-14-4-10-5-19(6-11(10)17-12)13(21)7-20-16-8-15-18-20/h4,8-9H,3,5-7H2,1-2H3. The molecule has 110 valence electrons. The molecule has 8 nitrogen and oxygen atoms in total.